The van der Waals surface area contributed by atoms with Gasteiger partial charge in [-0.3, -0.25) is 4.90 Å². The van der Waals surface area contributed by atoms with Crippen LogP contribution in [0.3, 0.4) is 0 Å². The summed E-state index contributed by atoms with van der Waals surface area (Å²) in [5.74, 6) is 0.746. The summed E-state index contributed by atoms with van der Waals surface area (Å²) in [6, 6.07) is 17.4. The summed E-state index contributed by atoms with van der Waals surface area (Å²) in [5, 5.41) is 1.38. The maximum atomic E-state index is 5.84. The molecule has 2 heterocycles. The van der Waals surface area contributed by atoms with Crippen molar-refractivity contribution in [3.63, 3.8) is 0 Å². The number of fused-ring (bicyclic) bond motifs is 1. The molecule has 0 amide bonds. The summed E-state index contributed by atoms with van der Waals surface area (Å²) in [5.41, 5.74) is 11.3. The van der Waals surface area contributed by atoms with Gasteiger partial charge in [0.25, 0.3) is 0 Å². The van der Waals surface area contributed by atoms with Crippen molar-refractivity contribution < 1.29 is 0 Å². The van der Waals surface area contributed by atoms with Crippen LogP contribution >= 0.6 is 0 Å². The van der Waals surface area contributed by atoms with Gasteiger partial charge in [-0.25, -0.2) is 0 Å². The van der Waals surface area contributed by atoms with Gasteiger partial charge in [0.15, 0.2) is 0 Å². The summed E-state index contributed by atoms with van der Waals surface area (Å²) < 4.78 is 2.25. The van der Waals surface area contributed by atoms with Crippen LogP contribution in [0.15, 0.2) is 54.7 Å². The Labute approximate surface area is 150 Å². The first-order valence-electron chi connectivity index (χ1n) is 9.26. The molecule has 1 aliphatic rings. The average molecular weight is 333 g/mol. The van der Waals surface area contributed by atoms with Crippen molar-refractivity contribution in [2.45, 2.75) is 25.9 Å². The molecule has 3 nitrogen and oxygen atoms in total. The maximum Gasteiger partial charge on any atom is 0.0480 e. The fraction of sp³-hybridized carbons (Fsp3) is 0.364. The highest BCUT2D eigenvalue weighted by Gasteiger charge is 2.23. The number of nitrogens with zero attached hydrogens (tertiary/aromatic N) is 2. The molecule has 2 aromatic carbocycles. The Morgan fingerprint density at radius 1 is 1.08 bits per heavy atom. The lowest BCUT2D eigenvalue weighted by Gasteiger charge is -2.16. The molecule has 0 saturated carbocycles. The van der Waals surface area contributed by atoms with Gasteiger partial charge in [0.1, 0.15) is 0 Å². The molecule has 2 N–H and O–H groups in total. The molecule has 1 saturated heterocycles. The fourth-order valence-corrected chi connectivity index (χ4v) is 4.19. The Morgan fingerprint density at radius 3 is 2.72 bits per heavy atom. The summed E-state index contributed by atoms with van der Waals surface area (Å²) >= 11 is 0. The Bertz CT molecular complexity index is 850. The van der Waals surface area contributed by atoms with Crippen LogP contribution in [-0.4, -0.2) is 22.6 Å². The second-order valence-corrected chi connectivity index (χ2v) is 7.40. The maximum absolute atomic E-state index is 5.84. The zero-order valence-corrected chi connectivity index (χ0v) is 15.0. The molecule has 0 spiro atoms. The van der Waals surface area contributed by atoms with Crippen LogP contribution in [0, 0.1) is 5.92 Å². The molecule has 1 fully saturated rings. The van der Waals surface area contributed by atoms with E-state index in [-0.39, 0.29) is 0 Å². The molecular weight excluding hydrogens is 306 g/mol. The molecule has 4 rings (SSSR count). The number of nitrogens with two attached hydrogens (primary N) is 1. The number of hydrogen-bond acceptors (Lipinski definition) is 2. The molecule has 3 aromatic rings. The quantitative estimate of drug-likeness (QED) is 0.772. The molecule has 0 aliphatic carbocycles. The van der Waals surface area contributed by atoms with Crippen LogP contribution in [0.2, 0.25) is 0 Å². The number of aromatic nitrogens is 1. The van der Waals surface area contributed by atoms with Crippen LogP contribution in [0.25, 0.3) is 10.9 Å². The van der Waals surface area contributed by atoms with Gasteiger partial charge in [-0.2, -0.15) is 0 Å². The monoisotopic (exact) mass is 333 g/mol. The van der Waals surface area contributed by atoms with E-state index in [0.29, 0.717) is 6.54 Å². The number of rotatable bonds is 5. The van der Waals surface area contributed by atoms with Crippen molar-refractivity contribution >= 4 is 10.9 Å². The van der Waals surface area contributed by atoms with E-state index in [9.17, 15) is 0 Å². The molecule has 0 radical (unpaired) electrons. The lowest BCUT2D eigenvalue weighted by Crippen LogP contribution is -2.20. The minimum Gasteiger partial charge on any atom is -0.350 e. The Kier molecular flexibility index (Phi) is 4.60. The van der Waals surface area contributed by atoms with E-state index in [1.807, 2.05) is 0 Å². The smallest absolute Gasteiger partial charge is 0.0480 e. The Morgan fingerprint density at radius 2 is 1.92 bits per heavy atom. The topological polar surface area (TPSA) is 34.2 Å². The lowest BCUT2D eigenvalue weighted by molar-refractivity contribution is 0.316. The molecule has 1 atom stereocenters. The third-order valence-electron chi connectivity index (χ3n) is 5.50. The Balaban J connectivity index is 1.47. The molecular formula is C22H27N3. The first-order chi connectivity index (χ1) is 12.2. The number of likely N-dealkylation sites (tertiary alicyclic amines) is 1. The fourth-order valence-electron chi connectivity index (χ4n) is 4.19. The van der Waals surface area contributed by atoms with Crippen LogP contribution in [0.4, 0.5) is 0 Å². The van der Waals surface area contributed by atoms with Crippen molar-refractivity contribution in [2.24, 2.45) is 18.7 Å². The molecule has 1 aliphatic heterocycles. The predicted molar refractivity (Wildman–Crippen MR) is 104 cm³/mol. The van der Waals surface area contributed by atoms with Gasteiger partial charge in [-0.1, -0.05) is 36.4 Å². The standard InChI is InChI=1S/C22H27N3/c1-24-16-20(21-12-18(13-23)7-8-22(21)24)11-19-9-10-25(15-19)14-17-5-3-2-4-6-17/h2-8,12,16,19H,9-11,13-15,23H2,1H3. The highest BCUT2D eigenvalue weighted by Crippen LogP contribution is 2.28. The summed E-state index contributed by atoms with van der Waals surface area (Å²) in [6.45, 7) is 4.09. The van der Waals surface area contributed by atoms with E-state index in [4.69, 9.17) is 5.73 Å². The minimum atomic E-state index is 0.610. The van der Waals surface area contributed by atoms with Crippen molar-refractivity contribution in [1.82, 2.24) is 9.47 Å². The van der Waals surface area contributed by atoms with E-state index < -0.39 is 0 Å². The van der Waals surface area contributed by atoms with Crippen LogP contribution in [0.1, 0.15) is 23.1 Å². The van der Waals surface area contributed by atoms with Crippen molar-refractivity contribution in [3.05, 3.63) is 71.4 Å². The summed E-state index contributed by atoms with van der Waals surface area (Å²) in [6.07, 6.45) is 4.77. The first-order valence-corrected chi connectivity index (χ1v) is 9.26. The van der Waals surface area contributed by atoms with Gasteiger partial charge in [0.2, 0.25) is 0 Å². The van der Waals surface area contributed by atoms with Gasteiger partial charge in [-0.15, -0.1) is 0 Å². The number of hydrogen-bond donors (Lipinski definition) is 1. The molecule has 130 valence electrons. The third kappa shape index (κ3) is 3.48. The number of benzene rings is 2. The first kappa shape index (κ1) is 16.4. The molecule has 1 aromatic heterocycles. The molecule has 1 unspecified atom stereocenters. The largest absolute Gasteiger partial charge is 0.350 e. The van der Waals surface area contributed by atoms with Gasteiger partial charge >= 0.3 is 0 Å². The van der Waals surface area contributed by atoms with E-state index >= 15 is 0 Å². The minimum absolute atomic E-state index is 0.610. The second-order valence-electron chi connectivity index (χ2n) is 7.40. The van der Waals surface area contributed by atoms with Crippen molar-refractivity contribution in [1.29, 1.82) is 0 Å². The van der Waals surface area contributed by atoms with Crippen LogP contribution < -0.4 is 5.73 Å². The van der Waals surface area contributed by atoms with E-state index in [2.05, 4.69) is 71.2 Å². The average Bonchev–Trinajstić information content (AvgIpc) is 3.20. The van der Waals surface area contributed by atoms with Gasteiger partial charge in [0.05, 0.1) is 0 Å². The highest BCUT2D eigenvalue weighted by molar-refractivity contribution is 5.84. The molecule has 0 bridgehead atoms. The summed E-state index contributed by atoms with van der Waals surface area (Å²) in [4.78, 5) is 2.59. The third-order valence-corrected chi connectivity index (χ3v) is 5.50. The SMILES string of the molecule is Cn1cc(CC2CCN(Cc3ccccc3)C2)c2cc(CN)ccc21. The molecule has 3 heteroatoms. The van der Waals surface area contributed by atoms with E-state index in [0.717, 1.165) is 18.9 Å². The lowest BCUT2D eigenvalue weighted by atomic mass is 9.97. The van der Waals surface area contributed by atoms with Crippen molar-refractivity contribution in [3.8, 4) is 0 Å². The normalized spacial score (nSPS) is 18.2. The van der Waals surface area contributed by atoms with Crippen molar-refractivity contribution in [2.75, 3.05) is 13.1 Å². The zero-order valence-electron chi connectivity index (χ0n) is 15.0. The highest BCUT2D eigenvalue weighted by atomic mass is 15.1. The van der Waals surface area contributed by atoms with Crippen LogP contribution in [0.5, 0.6) is 0 Å². The Hall–Kier alpha value is -2.10. The second kappa shape index (κ2) is 7.03. The van der Waals surface area contributed by atoms with Gasteiger partial charge in [0, 0.05) is 43.8 Å². The molecule has 25 heavy (non-hydrogen) atoms. The number of aryl methyl sites for hydroxylation is 1. The van der Waals surface area contributed by atoms with E-state index in [1.54, 1.807) is 0 Å². The predicted octanol–water partition coefficient (Wildman–Crippen LogP) is 3.70. The van der Waals surface area contributed by atoms with Crippen LogP contribution in [-0.2, 0) is 26.6 Å². The van der Waals surface area contributed by atoms with E-state index in [1.165, 1.54) is 47.1 Å². The van der Waals surface area contributed by atoms with Gasteiger partial charge < -0.3 is 10.3 Å². The zero-order chi connectivity index (χ0) is 17.2. The summed E-state index contributed by atoms with van der Waals surface area (Å²) in [7, 11) is 2.14. The van der Waals surface area contributed by atoms with Gasteiger partial charge in [-0.05, 0) is 54.1 Å².